The molecule has 2 atom stereocenters. The molecule has 0 saturated heterocycles. The molecule has 0 amide bonds. The highest BCUT2D eigenvalue weighted by Gasteiger charge is 2.27. The maximum Gasteiger partial charge on any atom is 0.307 e. The van der Waals surface area contributed by atoms with E-state index in [1.54, 1.807) is 0 Å². The van der Waals surface area contributed by atoms with Crippen molar-refractivity contribution in [2.75, 3.05) is 0 Å². The molecule has 2 nitrogen and oxygen atoms in total. The number of hydrogen-bond acceptors (Lipinski definition) is 1. The summed E-state index contributed by atoms with van der Waals surface area (Å²) in [5, 5.41) is 9.78. The van der Waals surface area contributed by atoms with Crippen LogP contribution in [0.2, 0.25) is 5.02 Å². The Kier molecular flexibility index (Phi) is 3.53. The van der Waals surface area contributed by atoms with Gasteiger partial charge in [-0.1, -0.05) is 36.7 Å². The molecule has 1 aromatic rings. The fourth-order valence-corrected chi connectivity index (χ4v) is 2.47. The first-order valence-corrected chi connectivity index (χ1v) is 6.15. The molecule has 90 valence electrons. The van der Waals surface area contributed by atoms with Crippen molar-refractivity contribution in [3.05, 3.63) is 40.9 Å². The van der Waals surface area contributed by atoms with Gasteiger partial charge in [-0.2, -0.15) is 0 Å². The lowest BCUT2D eigenvalue weighted by Gasteiger charge is -2.24. The van der Waals surface area contributed by atoms with Crippen molar-refractivity contribution in [1.29, 1.82) is 0 Å². The number of carboxylic acid groups (broad SMARTS) is 1. The van der Waals surface area contributed by atoms with Gasteiger partial charge in [0, 0.05) is 5.02 Å². The second-order valence-corrected chi connectivity index (χ2v) is 4.98. The number of hydrogen-bond donors (Lipinski definition) is 1. The highest BCUT2D eigenvalue weighted by molar-refractivity contribution is 6.30. The Morgan fingerprint density at radius 3 is 2.53 bits per heavy atom. The number of carboxylic acids is 1. The van der Waals surface area contributed by atoms with Crippen molar-refractivity contribution in [2.24, 2.45) is 11.8 Å². The lowest BCUT2D eigenvalue weighted by atomic mass is 9.80. The standard InChI is InChI=1S/C14H15ClO2/c1-9-8-11(4-7-13(9)14(16)17)10-2-5-12(15)6-3-10/h2-3,5-6,8-9,13H,4,7H2,1H3,(H,16,17)/t9-,13+/m0/s1. The van der Waals surface area contributed by atoms with Crippen LogP contribution in [-0.4, -0.2) is 11.1 Å². The molecule has 2 rings (SSSR count). The molecule has 1 N–H and O–H groups in total. The van der Waals surface area contributed by atoms with E-state index in [4.69, 9.17) is 16.7 Å². The van der Waals surface area contributed by atoms with Crippen LogP contribution in [0.25, 0.3) is 5.57 Å². The monoisotopic (exact) mass is 250 g/mol. The average molecular weight is 251 g/mol. The van der Waals surface area contributed by atoms with Crippen LogP contribution in [-0.2, 0) is 4.79 Å². The van der Waals surface area contributed by atoms with Crippen LogP contribution < -0.4 is 0 Å². The summed E-state index contributed by atoms with van der Waals surface area (Å²) >= 11 is 5.85. The van der Waals surface area contributed by atoms with Crippen molar-refractivity contribution >= 4 is 23.1 Å². The van der Waals surface area contributed by atoms with Crippen molar-refractivity contribution in [2.45, 2.75) is 19.8 Å². The second kappa shape index (κ2) is 4.92. The molecule has 3 heteroatoms. The molecule has 0 bridgehead atoms. The second-order valence-electron chi connectivity index (χ2n) is 4.54. The van der Waals surface area contributed by atoms with Crippen LogP contribution in [0.1, 0.15) is 25.3 Å². The van der Waals surface area contributed by atoms with Crippen LogP contribution in [0.15, 0.2) is 30.3 Å². The lowest BCUT2D eigenvalue weighted by molar-refractivity contribution is -0.143. The summed E-state index contributed by atoms with van der Waals surface area (Å²) in [6.07, 6.45) is 3.61. The Bertz CT molecular complexity index is 448. The molecule has 1 aliphatic rings. The zero-order valence-corrected chi connectivity index (χ0v) is 10.4. The Balaban J connectivity index is 2.22. The van der Waals surface area contributed by atoms with E-state index in [0.717, 1.165) is 17.0 Å². The van der Waals surface area contributed by atoms with Crippen molar-refractivity contribution in [3.8, 4) is 0 Å². The average Bonchev–Trinajstić information content (AvgIpc) is 2.29. The summed E-state index contributed by atoms with van der Waals surface area (Å²) in [5.41, 5.74) is 2.37. The summed E-state index contributed by atoms with van der Waals surface area (Å²) in [6.45, 7) is 1.97. The summed E-state index contributed by atoms with van der Waals surface area (Å²) < 4.78 is 0. The number of carbonyl (C=O) groups is 1. The van der Waals surface area contributed by atoms with Crippen molar-refractivity contribution < 1.29 is 9.90 Å². The molecule has 1 aliphatic carbocycles. The largest absolute Gasteiger partial charge is 0.481 e. The number of allylic oxidation sites excluding steroid dienone is 2. The highest BCUT2D eigenvalue weighted by Crippen LogP contribution is 2.34. The molecular formula is C14H15ClO2. The van der Waals surface area contributed by atoms with Crippen molar-refractivity contribution in [1.82, 2.24) is 0 Å². The molecule has 0 aromatic heterocycles. The first-order chi connectivity index (χ1) is 8.08. The van der Waals surface area contributed by atoms with Gasteiger partial charge in [0.25, 0.3) is 0 Å². The minimum Gasteiger partial charge on any atom is -0.481 e. The van der Waals surface area contributed by atoms with Gasteiger partial charge in [0.15, 0.2) is 0 Å². The molecule has 0 unspecified atom stereocenters. The highest BCUT2D eigenvalue weighted by atomic mass is 35.5. The van der Waals surface area contributed by atoms with E-state index < -0.39 is 5.97 Å². The summed E-state index contributed by atoms with van der Waals surface area (Å²) in [7, 11) is 0. The van der Waals surface area contributed by atoms with Gasteiger partial charge in [-0.05, 0) is 42.0 Å². The summed E-state index contributed by atoms with van der Waals surface area (Å²) in [4.78, 5) is 11.0. The molecule has 0 heterocycles. The van der Waals surface area contributed by atoms with Gasteiger partial charge in [0.05, 0.1) is 5.92 Å². The van der Waals surface area contributed by atoms with E-state index in [9.17, 15) is 4.79 Å². The Morgan fingerprint density at radius 2 is 2.00 bits per heavy atom. The molecule has 1 aromatic carbocycles. The van der Waals surface area contributed by atoms with E-state index in [0.29, 0.717) is 6.42 Å². The van der Waals surface area contributed by atoms with E-state index in [1.807, 2.05) is 31.2 Å². The van der Waals surface area contributed by atoms with Gasteiger partial charge < -0.3 is 5.11 Å². The van der Waals surface area contributed by atoms with Crippen LogP contribution >= 0.6 is 11.6 Å². The molecular weight excluding hydrogens is 236 g/mol. The topological polar surface area (TPSA) is 37.3 Å². The van der Waals surface area contributed by atoms with Gasteiger partial charge in [0.1, 0.15) is 0 Å². The normalized spacial score (nSPS) is 24.2. The van der Waals surface area contributed by atoms with Gasteiger partial charge in [-0.15, -0.1) is 0 Å². The van der Waals surface area contributed by atoms with Crippen LogP contribution in [0, 0.1) is 11.8 Å². The number of rotatable bonds is 2. The first kappa shape index (κ1) is 12.2. The number of halogens is 1. The van der Waals surface area contributed by atoms with E-state index in [2.05, 4.69) is 6.08 Å². The molecule has 0 fully saturated rings. The molecule has 0 radical (unpaired) electrons. The number of benzene rings is 1. The zero-order chi connectivity index (χ0) is 12.4. The van der Waals surface area contributed by atoms with E-state index >= 15 is 0 Å². The first-order valence-electron chi connectivity index (χ1n) is 5.77. The maximum absolute atomic E-state index is 11.0. The predicted octanol–water partition coefficient (Wildman–Crippen LogP) is 3.85. The third-order valence-electron chi connectivity index (χ3n) is 3.36. The predicted molar refractivity (Wildman–Crippen MR) is 69.0 cm³/mol. The Hall–Kier alpha value is -1.28. The van der Waals surface area contributed by atoms with E-state index in [-0.39, 0.29) is 11.8 Å². The van der Waals surface area contributed by atoms with Gasteiger partial charge in [-0.3, -0.25) is 4.79 Å². The minimum atomic E-state index is -0.691. The molecule has 0 spiro atoms. The molecule has 17 heavy (non-hydrogen) atoms. The van der Waals surface area contributed by atoms with Crippen LogP contribution in [0.3, 0.4) is 0 Å². The summed E-state index contributed by atoms with van der Waals surface area (Å²) in [6, 6.07) is 7.71. The Morgan fingerprint density at radius 1 is 1.35 bits per heavy atom. The SMILES string of the molecule is C[C@H]1C=C(c2ccc(Cl)cc2)CC[C@H]1C(=O)O. The van der Waals surface area contributed by atoms with Gasteiger partial charge in [0.2, 0.25) is 0 Å². The summed E-state index contributed by atoms with van der Waals surface area (Å²) in [5.74, 6) is -0.845. The number of aliphatic carboxylic acids is 1. The minimum absolute atomic E-state index is 0.0897. The van der Waals surface area contributed by atoms with Crippen molar-refractivity contribution in [3.63, 3.8) is 0 Å². The zero-order valence-electron chi connectivity index (χ0n) is 9.69. The van der Waals surface area contributed by atoms with Crippen LogP contribution in [0.4, 0.5) is 0 Å². The third-order valence-corrected chi connectivity index (χ3v) is 3.61. The fraction of sp³-hybridized carbons (Fsp3) is 0.357. The third kappa shape index (κ3) is 2.70. The Labute approximate surface area is 106 Å². The quantitative estimate of drug-likeness (QED) is 0.866. The molecule has 0 saturated carbocycles. The maximum atomic E-state index is 11.0. The lowest BCUT2D eigenvalue weighted by Crippen LogP contribution is -2.23. The van der Waals surface area contributed by atoms with Gasteiger partial charge in [-0.25, -0.2) is 0 Å². The smallest absolute Gasteiger partial charge is 0.307 e. The van der Waals surface area contributed by atoms with Gasteiger partial charge >= 0.3 is 5.97 Å². The molecule has 0 aliphatic heterocycles. The van der Waals surface area contributed by atoms with Crippen LogP contribution in [0.5, 0.6) is 0 Å². The fourth-order valence-electron chi connectivity index (χ4n) is 2.34. The van der Waals surface area contributed by atoms with E-state index in [1.165, 1.54) is 5.57 Å².